The fraction of sp³-hybridized carbons (Fsp3) is 0.294. The Morgan fingerprint density at radius 2 is 1.02 bits per heavy atom. The maximum absolute atomic E-state index is 13.3. The number of hydrogen-bond acceptors (Lipinski definition) is 9. The zero-order valence-electron chi connectivity index (χ0n) is 26.5. The van der Waals surface area contributed by atoms with Gasteiger partial charge in [0.2, 0.25) is 0 Å². The molecule has 13 heteroatoms. The highest BCUT2D eigenvalue weighted by Gasteiger charge is 2.37. The van der Waals surface area contributed by atoms with Gasteiger partial charge in [0, 0.05) is 33.3 Å². The lowest BCUT2D eigenvalue weighted by molar-refractivity contribution is -0.153. The van der Waals surface area contributed by atoms with Crippen LogP contribution in [0.2, 0.25) is 20.1 Å². The summed E-state index contributed by atoms with van der Waals surface area (Å²) in [4.78, 5) is 26.7. The fourth-order valence-corrected chi connectivity index (χ4v) is 5.16. The van der Waals surface area contributed by atoms with Gasteiger partial charge in [0.15, 0.2) is 23.7 Å². The van der Waals surface area contributed by atoms with Gasteiger partial charge in [0.1, 0.15) is 22.6 Å². The molecule has 4 rings (SSSR count). The number of carbonyl (C=O) groups is 2. The average Bonchev–Trinajstić information content (AvgIpc) is 3.62. The van der Waals surface area contributed by atoms with Crippen molar-refractivity contribution in [2.75, 3.05) is 0 Å². The molecular weight excluding hydrogens is 690 g/mol. The van der Waals surface area contributed by atoms with Crippen molar-refractivity contribution in [1.29, 1.82) is 0 Å². The van der Waals surface area contributed by atoms with Crippen molar-refractivity contribution in [3.05, 3.63) is 104 Å². The van der Waals surface area contributed by atoms with Crippen LogP contribution in [0.15, 0.2) is 81.9 Å². The molecule has 0 radical (unpaired) electrons. The monoisotopic (exact) mass is 720 g/mol. The number of halogens is 4. The number of nitrogens with zero attached hydrogens (tertiary/aromatic N) is 2. The molecule has 0 saturated carbocycles. The molecule has 2 unspecified atom stereocenters. The summed E-state index contributed by atoms with van der Waals surface area (Å²) >= 11 is 25.0. The first-order chi connectivity index (χ1) is 21.8. The highest BCUT2D eigenvalue weighted by atomic mass is 35.5. The lowest BCUT2D eigenvalue weighted by Crippen LogP contribution is -2.29. The van der Waals surface area contributed by atoms with Crippen molar-refractivity contribution in [2.45, 2.75) is 65.0 Å². The molecule has 47 heavy (non-hydrogen) atoms. The first kappa shape index (κ1) is 36.2. The number of rotatable bonds is 10. The minimum atomic E-state index is -1.38. The number of carbonyl (C=O) groups excluding carboxylic acids is 2. The second-order valence-corrected chi connectivity index (χ2v) is 14.1. The van der Waals surface area contributed by atoms with Crippen LogP contribution in [0, 0.1) is 0 Å². The molecule has 0 spiro atoms. The fourth-order valence-electron chi connectivity index (χ4n) is 4.15. The van der Waals surface area contributed by atoms with Crippen LogP contribution in [-0.4, -0.2) is 33.5 Å². The molecule has 0 aliphatic heterocycles. The smallest absolute Gasteiger partial charge is 0.337 e. The van der Waals surface area contributed by atoms with Crippen LogP contribution >= 0.6 is 46.4 Å². The molecule has 2 aromatic carbocycles. The Morgan fingerprint density at radius 1 is 0.660 bits per heavy atom. The predicted molar refractivity (Wildman–Crippen MR) is 180 cm³/mol. The van der Waals surface area contributed by atoms with Gasteiger partial charge in [-0.2, -0.15) is 0 Å². The number of aromatic nitrogens is 2. The maximum Gasteiger partial charge on any atom is 0.337 e. The summed E-state index contributed by atoms with van der Waals surface area (Å²) < 4.78 is 28.9. The van der Waals surface area contributed by atoms with Crippen LogP contribution in [0.25, 0.3) is 22.5 Å². The molecule has 4 aromatic rings. The highest BCUT2D eigenvalue weighted by Crippen LogP contribution is 2.40. The molecule has 0 aliphatic carbocycles. The third kappa shape index (κ3) is 9.27. The molecule has 0 aliphatic rings. The van der Waals surface area contributed by atoms with E-state index in [1.54, 1.807) is 77.9 Å². The van der Waals surface area contributed by atoms with E-state index in [1.807, 2.05) is 0 Å². The first-order valence-electron chi connectivity index (χ1n) is 14.2. The lowest BCUT2D eigenvalue weighted by Gasteiger charge is -2.27. The molecule has 2 heterocycles. The molecular formula is C34H32Cl4N2O7. The quantitative estimate of drug-likeness (QED) is 0.117. The molecule has 0 N–H and O–H groups in total. The molecule has 2 aromatic heterocycles. The van der Waals surface area contributed by atoms with E-state index in [9.17, 15) is 9.59 Å². The molecule has 248 valence electrons. The van der Waals surface area contributed by atoms with E-state index in [2.05, 4.69) is 23.5 Å². The van der Waals surface area contributed by atoms with Crippen LogP contribution in [-0.2, 0) is 23.8 Å². The molecule has 9 nitrogen and oxygen atoms in total. The second-order valence-electron chi connectivity index (χ2n) is 12.4. The Morgan fingerprint density at radius 3 is 1.34 bits per heavy atom. The predicted octanol–water partition coefficient (Wildman–Crippen LogP) is 10.2. The summed E-state index contributed by atoms with van der Waals surface area (Å²) in [5.41, 5.74) is -0.455. The zero-order valence-corrected chi connectivity index (χ0v) is 29.5. The molecule has 0 amide bonds. The topological polar surface area (TPSA) is 114 Å². The molecule has 2 atom stereocenters. The van der Waals surface area contributed by atoms with Crippen molar-refractivity contribution in [3.8, 4) is 22.5 Å². The number of benzene rings is 2. The summed E-state index contributed by atoms with van der Waals surface area (Å²) in [6, 6.07) is 12.7. The number of esters is 2. The van der Waals surface area contributed by atoms with E-state index < -0.39 is 35.3 Å². The summed E-state index contributed by atoms with van der Waals surface area (Å²) in [5.74, 6) is -1.52. The Hall–Kier alpha value is -3.60. The Bertz CT molecular complexity index is 1700. The summed E-state index contributed by atoms with van der Waals surface area (Å²) in [6.07, 6.45) is -2.76. The van der Waals surface area contributed by atoms with Crippen LogP contribution in [0.4, 0.5) is 0 Å². The van der Waals surface area contributed by atoms with Gasteiger partial charge in [-0.3, -0.25) is 0 Å². The maximum atomic E-state index is 13.3. The Labute approximate surface area is 292 Å². The van der Waals surface area contributed by atoms with Crippen LogP contribution in [0.1, 0.15) is 65.3 Å². The van der Waals surface area contributed by atoms with Gasteiger partial charge < -0.3 is 23.3 Å². The van der Waals surface area contributed by atoms with Gasteiger partial charge in [0.25, 0.3) is 0 Å². The summed E-state index contributed by atoms with van der Waals surface area (Å²) in [7, 11) is 0. The molecule has 0 saturated heterocycles. The van der Waals surface area contributed by atoms with E-state index >= 15 is 0 Å². The summed E-state index contributed by atoms with van der Waals surface area (Å²) in [6.45, 7) is 18.1. The van der Waals surface area contributed by atoms with Gasteiger partial charge in [-0.1, -0.05) is 69.9 Å². The third-order valence-electron chi connectivity index (χ3n) is 6.22. The van der Waals surface area contributed by atoms with E-state index in [4.69, 9.17) is 69.7 Å². The minimum Gasteiger partial charge on any atom is -0.457 e. The van der Waals surface area contributed by atoms with Gasteiger partial charge >= 0.3 is 11.9 Å². The number of ether oxygens (including phenoxy) is 3. The molecule has 0 bridgehead atoms. The number of hydrogen-bond donors (Lipinski definition) is 0. The van der Waals surface area contributed by atoms with Gasteiger partial charge in [-0.05, 0) is 77.9 Å². The lowest BCUT2D eigenvalue weighted by atomic mass is 10.0. The second kappa shape index (κ2) is 14.3. The summed E-state index contributed by atoms with van der Waals surface area (Å²) in [5, 5.41) is 9.74. The Kier molecular flexibility index (Phi) is 11.0. The van der Waals surface area contributed by atoms with Crippen molar-refractivity contribution >= 4 is 58.3 Å². The molecule has 0 fully saturated rings. The van der Waals surface area contributed by atoms with E-state index in [0.29, 0.717) is 42.6 Å². The SMILES string of the molecule is C=C(C(=O)OC(C)(C)C)C(OC(C(=C)C(=O)OC(C)(C)C)c1cc(-c2ccc(Cl)cc2Cl)no1)c1cc(-c2ccc(Cl)cc2Cl)no1. The van der Waals surface area contributed by atoms with Crippen molar-refractivity contribution < 1.29 is 32.8 Å². The van der Waals surface area contributed by atoms with Crippen LogP contribution in [0.3, 0.4) is 0 Å². The largest absolute Gasteiger partial charge is 0.457 e. The van der Waals surface area contributed by atoms with E-state index in [0.717, 1.165) is 0 Å². The van der Waals surface area contributed by atoms with Gasteiger partial charge in [0.05, 0.1) is 21.2 Å². The van der Waals surface area contributed by atoms with Crippen molar-refractivity contribution in [2.24, 2.45) is 0 Å². The average molecular weight is 722 g/mol. The van der Waals surface area contributed by atoms with E-state index in [-0.39, 0.29) is 22.7 Å². The van der Waals surface area contributed by atoms with Crippen molar-refractivity contribution in [1.82, 2.24) is 10.3 Å². The van der Waals surface area contributed by atoms with Gasteiger partial charge in [-0.25, -0.2) is 9.59 Å². The third-order valence-corrected chi connectivity index (χ3v) is 7.31. The van der Waals surface area contributed by atoms with Crippen molar-refractivity contribution in [3.63, 3.8) is 0 Å². The van der Waals surface area contributed by atoms with E-state index in [1.165, 1.54) is 12.1 Å². The van der Waals surface area contributed by atoms with Crippen LogP contribution < -0.4 is 0 Å². The van der Waals surface area contributed by atoms with Gasteiger partial charge in [-0.15, -0.1) is 0 Å². The Balaban J connectivity index is 1.81. The first-order valence-corrected chi connectivity index (χ1v) is 15.7. The van der Waals surface area contributed by atoms with Crippen LogP contribution in [0.5, 0.6) is 0 Å². The highest BCUT2D eigenvalue weighted by molar-refractivity contribution is 6.37. The normalized spacial score (nSPS) is 13.1. The zero-order chi connectivity index (χ0) is 34.8. The standard InChI is InChI=1S/C34H32Cl4N2O7/c1-17(31(41)44-33(3,4)5)29(27-15-25(39-46-27)21-11-9-19(35)13-23(21)37)43-30(18(2)32(42)45-34(6,7)8)28-16-26(40-47-28)22-12-10-20(36)14-24(22)38/h9-16,29-30H,1-2H2,3-8H3. The minimum absolute atomic E-state index is 0.0318.